The molecule has 1 heterocycles. The molecule has 7 heteroatoms. The molecule has 0 atom stereocenters. The molecule has 0 saturated heterocycles. The van der Waals surface area contributed by atoms with Gasteiger partial charge in [-0.25, -0.2) is 14.2 Å². The third-order valence-electron chi connectivity index (χ3n) is 2.78. The summed E-state index contributed by atoms with van der Waals surface area (Å²) in [7, 11) is 2.97. The molecular weight excluding hydrogens is 279 g/mol. The Bertz CT molecular complexity index is 676. The summed E-state index contributed by atoms with van der Waals surface area (Å²) in [6.45, 7) is 0. The van der Waals surface area contributed by atoms with E-state index in [1.54, 1.807) is 18.2 Å². The third-order valence-corrected chi connectivity index (χ3v) is 2.78. The second-order valence-corrected chi connectivity index (χ2v) is 4.02. The monoisotopic (exact) mass is 292 g/mol. The maximum Gasteiger partial charge on any atom is 0.338 e. The van der Waals surface area contributed by atoms with E-state index in [-0.39, 0.29) is 5.82 Å². The first-order valence-corrected chi connectivity index (χ1v) is 5.93. The van der Waals surface area contributed by atoms with Crippen LogP contribution in [-0.4, -0.2) is 30.3 Å². The summed E-state index contributed by atoms with van der Waals surface area (Å²) in [6, 6.07) is 5.98. The lowest BCUT2D eigenvalue weighted by atomic mass is 10.2. The van der Waals surface area contributed by atoms with E-state index in [1.807, 2.05) is 0 Å². The number of halogens is 1. The standard InChI is InChI=1S/C14H13FN2O4/c1-20-8-3-4-10(11(7-8)21-2)17-13-12(15)9(14(18)19)5-6-16-13/h3-7H,1-2H3,(H,16,17)(H,18,19). The molecule has 1 aromatic heterocycles. The normalized spacial score (nSPS) is 10.0. The van der Waals surface area contributed by atoms with Crippen LogP contribution >= 0.6 is 0 Å². The van der Waals surface area contributed by atoms with Crippen molar-refractivity contribution in [2.45, 2.75) is 0 Å². The lowest BCUT2D eigenvalue weighted by Crippen LogP contribution is -2.06. The molecule has 110 valence electrons. The Morgan fingerprint density at radius 1 is 1.29 bits per heavy atom. The number of anilines is 2. The van der Waals surface area contributed by atoms with Crippen LogP contribution in [0.15, 0.2) is 30.5 Å². The topological polar surface area (TPSA) is 80.7 Å². The third kappa shape index (κ3) is 3.02. The summed E-state index contributed by atoms with van der Waals surface area (Å²) in [4.78, 5) is 14.7. The number of carboxylic acids is 1. The van der Waals surface area contributed by atoms with Crippen molar-refractivity contribution in [3.8, 4) is 11.5 Å². The zero-order valence-electron chi connectivity index (χ0n) is 11.4. The van der Waals surface area contributed by atoms with E-state index in [1.165, 1.54) is 20.4 Å². The summed E-state index contributed by atoms with van der Waals surface area (Å²) < 4.78 is 24.2. The zero-order chi connectivity index (χ0) is 15.4. The van der Waals surface area contributed by atoms with Gasteiger partial charge in [0.1, 0.15) is 17.1 Å². The number of hydrogen-bond donors (Lipinski definition) is 2. The molecule has 0 unspecified atom stereocenters. The first-order valence-electron chi connectivity index (χ1n) is 5.93. The Kier molecular flexibility index (Phi) is 4.22. The Morgan fingerprint density at radius 2 is 2.05 bits per heavy atom. The lowest BCUT2D eigenvalue weighted by Gasteiger charge is -2.12. The van der Waals surface area contributed by atoms with Crippen molar-refractivity contribution in [3.63, 3.8) is 0 Å². The number of aromatic nitrogens is 1. The maximum atomic E-state index is 14.0. The van der Waals surface area contributed by atoms with Crippen LogP contribution in [0.3, 0.4) is 0 Å². The number of benzene rings is 1. The highest BCUT2D eigenvalue weighted by Gasteiger charge is 2.16. The predicted molar refractivity (Wildman–Crippen MR) is 74.0 cm³/mol. The van der Waals surface area contributed by atoms with Crippen molar-refractivity contribution in [1.29, 1.82) is 0 Å². The van der Waals surface area contributed by atoms with Crippen LogP contribution in [0.5, 0.6) is 11.5 Å². The molecule has 2 aromatic rings. The van der Waals surface area contributed by atoms with Gasteiger partial charge >= 0.3 is 5.97 Å². The molecule has 6 nitrogen and oxygen atoms in total. The summed E-state index contributed by atoms with van der Waals surface area (Å²) in [5.74, 6) is -1.51. The Morgan fingerprint density at radius 3 is 2.67 bits per heavy atom. The molecular formula is C14H13FN2O4. The molecule has 2 N–H and O–H groups in total. The fraction of sp³-hybridized carbons (Fsp3) is 0.143. The van der Waals surface area contributed by atoms with Crippen molar-refractivity contribution in [2.24, 2.45) is 0 Å². The van der Waals surface area contributed by atoms with Gasteiger partial charge in [0.15, 0.2) is 11.6 Å². The number of rotatable bonds is 5. The van der Waals surface area contributed by atoms with E-state index in [4.69, 9.17) is 14.6 Å². The van der Waals surface area contributed by atoms with Crippen molar-refractivity contribution >= 4 is 17.5 Å². The van der Waals surface area contributed by atoms with Crippen LogP contribution in [0.2, 0.25) is 0 Å². The van der Waals surface area contributed by atoms with Crippen LogP contribution in [0.1, 0.15) is 10.4 Å². The highest BCUT2D eigenvalue weighted by Crippen LogP contribution is 2.31. The number of aromatic carboxylic acids is 1. The Balaban J connectivity index is 2.38. The average molecular weight is 292 g/mol. The number of nitrogens with one attached hydrogen (secondary N) is 1. The number of carboxylic acid groups (broad SMARTS) is 1. The van der Waals surface area contributed by atoms with E-state index in [2.05, 4.69) is 10.3 Å². The number of methoxy groups -OCH3 is 2. The molecule has 2 rings (SSSR count). The second-order valence-electron chi connectivity index (χ2n) is 4.02. The quantitative estimate of drug-likeness (QED) is 0.882. The molecule has 0 aliphatic heterocycles. The van der Waals surface area contributed by atoms with Crippen LogP contribution in [0.4, 0.5) is 15.9 Å². The van der Waals surface area contributed by atoms with Crippen LogP contribution in [-0.2, 0) is 0 Å². The number of pyridine rings is 1. The molecule has 0 aliphatic carbocycles. The largest absolute Gasteiger partial charge is 0.497 e. The Hall–Kier alpha value is -2.83. The van der Waals surface area contributed by atoms with Crippen LogP contribution in [0, 0.1) is 5.82 Å². The minimum absolute atomic E-state index is 0.196. The molecule has 0 amide bonds. The van der Waals surface area contributed by atoms with Crippen LogP contribution in [0.25, 0.3) is 0 Å². The van der Waals surface area contributed by atoms with Gasteiger partial charge in [0.2, 0.25) is 0 Å². The zero-order valence-corrected chi connectivity index (χ0v) is 11.4. The van der Waals surface area contributed by atoms with E-state index in [0.29, 0.717) is 17.2 Å². The van der Waals surface area contributed by atoms with Crippen molar-refractivity contribution in [2.75, 3.05) is 19.5 Å². The van der Waals surface area contributed by atoms with Gasteiger partial charge in [-0.05, 0) is 18.2 Å². The van der Waals surface area contributed by atoms with Crippen molar-refractivity contribution in [3.05, 3.63) is 41.8 Å². The summed E-state index contributed by atoms with van der Waals surface area (Å²) in [5, 5.41) is 11.6. The number of ether oxygens (including phenoxy) is 2. The minimum atomic E-state index is -1.36. The number of carbonyl (C=O) groups is 1. The second kappa shape index (κ2) is 6.08. The van der Waals surface area contributed by atoms with Gasteiger partial charge < -0.3 is 19.9 Å². The molecule has 0 radical (unpaired) electrons. The maximum absolute atomic E-state index is 14.0. The van der Waals surface area contributed by atoms with Gasteiger partial charge in [0.25, 0.3) is 0 Å². The summed E-state index contributed by atoms with van der Waals surface area (Å²) >= 11 is 0. The first kappa shape index (κ1) is 14.6. The molecule has 0 fully saturated rings. The highest BCUT2D eigenvalue weighted by molar-refractivity contribution is 5.89. The highest BCUT2D eigenvalue weighted by atomic mass is 19.1. The molecule has 0 saturated carbocycles. The fourth-order valence-corrected chi connectivity index (χ4v) is 1.73. The SMILES string of the molecule is COc1ccc(Nc2nccc(C(=O)O)c2F)c(OC)c1. The van der Waals surface area contributed by atoms with Gasteiger partial charge in [-0.15, -0.1) is 0 Å². The van der Waals surface area contributed by atoms with Gasteiger partial charge in [0, 0.05) is 12.3 Å². The average Bonchev–Trinajstić information content (AvgIpc) is 2.49. The lowest BCUT2D eigenvalue weighted by molar-refractivity contribution is 0.0692. The summed E-state index contributed by atoms with van der Waals surface area (Å²) in [5.41, 5.74) is -0.0211. The summed E-state index contributed by atoms with van der Waals surface area (Å²) in [6.07, 6.45) is 1.21. The molecule has 0 spiro atoms. The molecule has 21 heavy (non-hydrogen) atoms. The number of nitrogens with zero attached hydrogens (tertiary/aromatic N) is 1. The van der Waals surface area contributed by atoms with Crippen LogP contribution < -0.4 is 14.8 Å². The first-order chi connectivity index (χ1) is 10.1. The van der Waals surface area contributed by atoms with E-state index in [9.17, 15) is 9.18 Å². The van der Waals surface area contributed by atoms with Crippen molar-refractivity contribution < 1.29 is 23.8 Å². The number of hydrogen-bond acceptors (Lipinski definition) is 5. The fourth-order valence-electron chi connectivity index (χ4n) is 1.73. The van der Waals surface area contributed by atoms with Gasteiger partial charge in [0.05, 0.1) is 19.9 Å². The minimum Gasteiger partial charge on any atom is -0.497 e. The smallest absolute Gasteiger partial charge is 0.338 e. The molecule has 0 aliphatic rings. The molecule has 1 aromatic carbocycles. The molecule has 0 bridgehead atoms. The van der Waals surface area contributed by atoms with Gasteiger partial charge in [-0.1, -0.05) is 0 Å². The van der Waals surface area contributed by atoms with Gasteiger partial charge in [-0.2, -0.15) is 0 Å². The predicted octanol–water partition coefficient (Wildman–Crippen LogP) is 2.68. The van der Waals surface area contributed by atoms with E-state index in [0.717, 1.165) is 6.07 Å². The van der Waals surface area contributed by atoms with E-state index < -0.39 is 17.3 Å². The Labute approximate surface area is 120 Å². The van der Waals surface area contributed by atoms with Gasteiger partial charge in [-0.3, -0.25) is 0 Å². The van der Waals surface area contributed by atoms with E-state index >= 15 is 0 Å². The van der Waals surface area contributed by atoms with Crippen molar-refractivity contribution in [1.82, 2.24) is 4.98 Å².